The Balaban J connectivity index is 1.75. The van der Waals surface area contributed by atoms with Gasteiger partial charge in [-0.2, -0.15) is 0 Å². The fourth-order valence-corrected chi connectivity index (χ4v) is 3.63. The second kappa shape index (κ2) is 7.21. The van der Waals surface area contributed by atoms with Crippen LogP contribution in [-0.2, 0) is 0 Å². The highest BCUT2D eigenvalue weighted by atomic mass is 16.4. The zero-order valence-electron chi connectivity index (χ0n) is 16.0. The Bertz CT molecular complexity index is 819. The first-order valence-electron chi connectivity index (χ1n) is 9.10. The number of fused-ring (bicyclic) bond motifs is 1. The molecule has 26 heavy (non-hydrogen) atoms. The standard InChI is InChI=1S/C20H28N4O2/c1-14-15-7-5-6-8-16(15)22-18(17(14)19(25)26)21-9-10-24-12-11-23(4)20(2,3)13-24/h5-8H,9-13H2,1-4H3,(H,21,22)(H,25,26). The van der Waals surface area contributed by atoms with Gasteiger partial charge in [0.2, 0.25) is 0 Å². The van der Waals surface area contributed by atoms with E-state index in [-0.39, 0.29) is 11.1 Å². The molecular formula is C20H28N4O2. The van der Waals surface area contributed by atoms with Gasteiger partial charge in [-0.15, -0.1) is 0 Å². The summed E-state index contributed by atoms with van der Waals surface area (Å²) in [6, 6.07) is 7.67. The molecule has 1 aliphatic rings. The topological polar surface area (TPSA) is 68.7 Å². The summed E-state index contributed by atoms with van der Waals surface area (Å²) in [6.45, 7) is 11.0. The zero-order valence-corrected chi connectivity index (χ0v) is 16.0. The number of aryl methyl sites for hydroxylation is 1. The lowest BCUT2D eigenvalue weighted by Gasteiger charge is -2.45. The first-order valence-corrected chi connectivity index (χ1v) is 9.10. The van der Waals surface area contributed by atoms with Gasteiger partial charge in [0, 0.05) is 43.6 Å². The second-order valence-electron chi connectivity index (χ2n) is 7.72. The normalized spacial score (nSPS) is 18.2. The number of piperazine rings is 1. The van der Waals surface area contributed by atoms with Crippen LogP contribution in [0.2, 0.25) is 0 Å². The fraction of sp³-hybridized carbons (Fsp3) is 0.500. The number of anilines is 1. The lowest BCUT2D eigenvalue weighted by molar-refractivity contribution is 0.0423. The van der Waals surface area contributed by atoms with Crippen LogP contribution in [0.15, 0.2) is 24.3 Å². The molecular weight excluding hydrogens is 328 g/mol. The highest BCUT2D eigenvalue weighted by Gasteiger charge is 2.30. The molecule has 2 N–H and O–H groups in total. The van der Waals surface area contributed by atoms with Crippen LogP contribution < -0.4 is 5.32 Å². The quantitative estimate of drug-likeness (QED) is 0.858. The highest BCUT2D eigenvalue weighted by Crippen LogP contribution is 2.26. The van der Waals surface area contributed by atoms with Crippen LogP contribution >= 0.6 is 0 Å². The molecule has 0 spiro atoms. The number of likely N-dealkylation sites (N-methyl/N-ethyl adjacent to an activating group) is 1. The van der Waals surface area contributed by atoms with E-state index < -0.39 is 5.97 Å². The number of benzene rings is 1. The van der Waals surface area contributed by atoms with Crippen molar-refractivity contribution in [1.29, 1.82) is 0 Å². The minimum atomic E-state index is -0.941. The van der Waals surface area contributed by atoms with Gasteiger partial charge in [-0.1, -0.05) is 18.2 Å². The van der Waals surface area contributed by atoms with E-state index in [1.807, 2.05) is 31.2 Å². The van der Waals surface area contributed by atoms with Crippen molar-refractivity contribution in [3.05, 3.63) is 35.4 Å². The number of nitrogens with one attached hydrogen (secondary N) is 1. The molecule has 6 nitrogen and oxygen atoms in total. The summed E-state index contributed by atoms with van der Waals surface area (Å²) in [5.74, 6) is -0.480. The summed E-state index contributed by atoms with van der Waals surface area (Å²) >= 11 is 0. The first kappa shape index (κ1) is 18.6. The highest BCUT2D eigenvalue weighted by molar-refractivity contribution is 6.01. The molecule has 0 atom stereocenters. The molecule has 140 valence electrons. The summed E-state index contributed by atoms with van der Waals surface area (Å²) < 4.78 is 0. The van der Waals surface area contributed by atoms with Gasteiger partial charge >= 0.3 is 5.97 Å². The number of aromatic carboxylic acids is 1. The largest absolute Gasteiger partial charge is 0.478 e. The van der Waals surface area contributed by atoms with Gasteiger partial charge in [-0.05, 0) is 39.4 Å². The van der Waals surface area contributed by atoms with Crippen LogP contribution in [0.5, 0.6) is 0 Å². The molecule has 1 aromatic heterocycles. The Morgan fingerprint density at radius 1 is 1.31 bits per heavy atom. The Labute approximate surface area is 154 Å². The molecule has 1 saturated heterocycles. The van der Waals surface area contributed by atoms with Gasteiger partial charge in [0.1, 0.15) is 11.4 Å². The SMILES string of the molecule is Cc1c(C(=O)O)c(NCCN2CCN(C)C(C)(C)C2)nc2ccccc12. The lowest BCUT2D eigenvalue weighted by atomic mass is 10.00. The number of rotatable bonds is 5. The number of pyridine rings is 1. The summed E-state index contributed by atoms with van der Waals surface area (Å²) in [6.07, 6.45) is 0. The molecule has 0 bridgehead atoms. The minimum Gasteiger partial charge on any atom is -0.478 e. The number of aromatic nitrogens is 1. The molecule has 0 aliphatic carbocycles. The third kappa shape index (κ3) is 3.66. The average Bonchev–Trinajstić information content (AvgIpc) is 2.57. The van der Waals surface area contributed by atoms with E-state index in [1.54, 1.807) is 0 Å². The van der Waals surface area contributed by atoms with Crippen molar-refractivity contribution in [2.45, 2.75) is 26.3 Å². The molecule has 1 fully saturated rings. The number of carboxylic acids is 1. The van der Waals surface area contributed by atoms with Crippen LogP contribution in [-0.4, -0.2) is 71.2 Å². The van der Waals surface area contributed by atoms with E-state index in [4.69, 9.17) is 0 Å². The molecule has 0 saturated carbocycles. The number of hydrogen-bond acceptors (Lipinski definition) is 5. The van der Waals surface area contributed by atoms with Crippen molar-refractivity contribution >= 4 is 22.7 Å². The van der Waals surface area contributed by atoms with E-state index in [2.05, 4.69) is 41.0 Å². The minimum absolute atomic E-state index is 0.155. The maximum absolute atomic E-state index is 11.8. The molecule has 0 amide bonds. The number of nitrogens with zero attached hydrogens (tertiary/aromatic N) is 3. The first-order chi connectivity index (χ1) is 12.3. The van der Waals surface area contributed by atoms with Crippen LogP contribution in [0.1, 0.15) is 29.8 Å². The number of hydrogen-bond donors (Lipinski definition) is 2. The lowest BCUT2D eigenvalue weighted by Crippen LogP contribution is -2.58. The Morgan fingerprint density at radius 2 is 2.04 bits per heavy atom. The predicted octanol–water partition coefficient (Wildman–Crippen LogP) is 2.68. The maximum atomic E-state index is 11.8. The average molecular weight is 356 g/mol. The molecule has 0 radical (unpaired) electrons. The van der Waals surface area contributed by atoms with Crippen LogP contribution in [0.4, 0.5) is 5.82 Å². The van der Waals surface area contributed by atoms with Crippen molar-refractivity contribution in [1.82, 2.24) is 14.8 Å². The summed E-state index contributed by atoms with van der Waals surface area (Å²) in [5, 5.41) is 13.8. The molecule has 2 heterocycles. The molecule has 3 rings (SSSR count). The Morgan fingerprint density at radius 3 is 2.73 bits per heavy atom. The molecule has 6 heteroatoms. The molecule has 0 unspecified atom stereocenters. The monoisotopic (exact) mass is 356 g/mol. The smallest absolute Gasteiger partial charge is 0.339 e. The Kier molecular flexibility index (Phi) is 5.16. The van der Waals surface area contributed by atoms with Crippen molar-refractivity contribution in [2.24, 2.45) is 0 Å². The van der Waals surface area contributed by atoms with E-state index >= 15 is 0 Å². The third-order valence-electron chi connectivity index (χ3n) is 5.48. The van der Waals surface area contributed by atoms with E-state index in [9.17, 15) is 9.90 Å². The molecule has 1 aromatic carbocycles. The molecule has 1 aliphatic heterocycles. The van der Waals surface area contributed by atoms with Crippen molar-refractivity contribution in [3.8, 4) is 0 Å². The second-order valence-corrected chi connectivity index (χ2v) is 7.72. The number of para-hydroxylation sites is 1. The summed E-state index contributed by atoms with van der Waals surface area (Å²) in [5.41, 5.74) is 1.99. The van der Waals surface area contributed by atoms with Gasteiger partial charge < -0.3 is 10.4 Å². The number of carboxylic acid groups (broad SMARTS) is 1. The van der Waals surface area contributed by atoms with Gasteiger partial charge in [0.25, 0.3) is 0 Å². The van der Waals surface area contributed by atoms with Crippen molar-refractivity contribution in [3.63, 3.8) is 0 Å². The van der Waals surface area contributed by atoms with Crippen LogP contribution in [0, 0.1) is 6.92 Å². The van der Waals surface area contributed by atoms with Gasteiger partial charge in [-0.3, -0.25) is 9.80 Å². The van der Waals surface area contributed by atoms with E-state index in [1.165, 1.54) is 0 Å². The van der Waals surface area contributed by atoms with Gasteiger partial charge in [0.15, 0.2) is 0 Å². The third-order valence-corrected chi connectivity index (χ3v) is 5.48. The van der Waals surface area contributed by atoms with Crippen molar-refractivity contribution in [2.75, 3.05) is 45.1 Å². The zero-order chi connectivity index (χ0) is 18.9. The van der Waals surface area contributed by atoms with Gasteiger partial charge in [-0.25, -0.2) is 9.78 Å². The van der Waals surface area contributed by atoms with Gasteiger partial charge in [0.05, 0.1) is 5.52 Å². The predicted molar refractivity (Wildman–Crippen MR) is 105 cm³/mol. The van der Waals surface area contributed by atoms with Crippen molar-refractivity contribution < 1.29 is 9.90 Å². The summed E-state index contributed by atoms with van der Waals surface area (Å²) in [4.78, 5) is 21.1. The van der Waals surface area contributed by atoms with Crippen LogP contribution in [0.3, 0.4) is 0 Å². The summed E-state index contributed by atoms with van der Waals surface area (Å²) in [7, 11) is 2.16. The fourth-order valence-electron chi connectivity index (χ4n) is 3.63. The maximum Gasteiger partial charge on any atom is 0.339 e. The van der Waals surface area contributed by atoms with Crippen LogP contribution in [0.25, 0.3) is 10.9 Å². The Hall–Kier alpha value is -2.18. The number of carbonyl (C=O) groups is 1. The van der Waals surface area contributed by atoms with E-state index in [0.717, 1.165) is 42.6 Å². The van der Waals surface area contributed by atoms with E-state index in [0.29, 0.717) is 12.4 Å². The molecule has 2 aromatic rings.